The molecule has 512 valence electrons. The van der Waals surface area contributed by atoms with Gasteiger partial charge in [0, 0.05) is 100 Å². The fourth-order valence-corrected chi connectivity index (χ4v) is 10.8. The Bertz CT molecular complexity index is 5790. The van der Waals surface area contributed by atoms with Crippen LogP contribution in [0.2, 0.25) is 0 Å². The molecule has 2 amide bonds. The highest BCUT2D eigenvalue weighted by atomic mass is 32.2. The van der Waals surface area contributed by atoms with E-state index in [2.05, 4.69) is 9.97 Å². The number of amides is 2. The lowest BCUT2D eigenvalue weighted by Crippen LogP contribution is -2.42. The first-order valence-electron chi connectivity index (χ1n) is 47.6. The molecule has 0 radical (unpaired) electrons. The molecule has 2 aromatic heterocycles. The largest absolute Gasteiger partial charge is 0.416 e. The average molecular weight is 1400 g/mol. The summed E-state index contributed by atoms with van der Waals surface area (Å²) in [6.45, 7) is -17.9. The van der Waals surface area contributed by atoms with Crippen LogP contribution in [0.15, 0.2) is 163 Å². The third kappa shape index (κ3) is 19.2. The van der Waals surface area contributed by atoms with Crippen molar-refractivity contribution in [1.29, 1.82) is 0 Å². The maximum absolute atomic E-state index is 15.0. The van der Waals surface area contributed by atoms with Gasteiger partial charge in [-0.05, 0) is 164 Å². The van der Waals surface area contributed by atoms with Gasteiger partial charge in [0.1, 0.15) is 24.7 Å². The van der Waals surface area contributed by atoms with Crippen LogP contribution in [0.1, 0.15) is 161 Å². The second kappa shape index (κ2) is 33.2. The van der Waals surface area contributed by atoms with Gasteiger partial charge >= 0.3 is 12.4 Å². The summed E-state index contributed by atoms with van der Waals surface area (Å²) in [5.74, 6) is -11.5. The minimum atomic E-state index is -5.17. The van der Waals surface area contributed by atoms with Crippen LogP contribution in [0.3, 0.4) is 0 Å². The SMILES string of the molecule is [2H]C1=C(C2=C([2H])C([2H])=C(C(F)(F)F)C(C)C2[2H])C([2H])C([2H])C(C([2H])([2H])N(C(=O)Cn2c(SC([2H])([2H])c3c([2H])c([2H])c(F)c([2H])c3[2H])nc(=O)c3c2CCC3)C([2H])([2H])C([2H])([2H])N(CC)CC)=C1[2H].[2H]c1c([2H])c(C([2H])([2H])Sc2nc(=O)c3c(n2CC(=O)N(C([2H])([2H])c2ccc(-c4ccc(C(F)(F)F)cc4)cc2)C([2H])([2H])C([2H])([2H])N(CC)CC)C([2H])([2H])C([2H])(C)C3([2H])[2H])c([2H])c([2H])c1F. The van der Waals surface area contributed by atoms with E-state index in [-0.39, 0.29) is 101 Å². The van der Waals surface area contributed by atoms with Gasteiger partial charge in [0.05, 0.1) is 33.0 Å². The Hall–Kier alpha value is -7.40. The van der Waals surface area contributed by atoms with Crippen LogP contribution in [0.5, 0.6) is 0 Å². The second-order valence-electron chi connectivity index (χ2n) is 20.8. The van der Waals surface area contributed by atoms with Crippen LogP contribution in [0.25, 0.3) is 11.1 Å². The number of nitrogens with zero attached hydrogens (tertiary/aromatic N) is 8. The standard InChI is InChI=1S/C37H40F4N4O2S.C37H44F4N4O2S/c1-4-43(5-2)18-19-44(22-26-6-10-28(11-7-26)29-12-14-30(15-13-29)37(39,40)41)34(46)23-45-33-21-25(3)20-32(33)35(47)42-36(45)48-24-27-8-16-31(38)17-9-27;1-4-43(5-2)19-20-44(22-26-9-13-28(14-10-26)29-15-18-32(25(3)21-29)37(39,40)41)34(46)23-45-33-8-6-7-31(33)35(47)42-36(45)48-24-27-11-16-30(38)17-12-27/h6-17,25H,4-5,18-24H2,1-3H3;9,11-13,15-18,25H,4-8,10,14,19-24H2,1-3H3/i8D,9D,16D,17D,18D2,19D2,20D2,21D2,22D2,24D2,25D;9D,10D,11D,12D,13D,14D,15D,16D,17D,18D,19D2,20D2,21D,22D2,24D2. The van der Waals surface area contributed by atoms with E-state index < -0.39 is 293 Å². The molecule has 5 unspecified atom stereocenters. The molecule has 6 aromatic rings. The lowest BCUT2D eigenvalue weighted by Gasteiger charge is -2.30. The van der Waals surface area contributed by atoms with E-state index in [0.717, 1.165) is 64.6 Å². The van der Waals surface area contributed by atoms with E-state index in [9.17, 15) is 60.5 Å². The van der Waals surface area contributed by atoms with Gasteiger partial charge in [-0.1, -0.05) is 155 Å². The summed E-state index contributed by atoms with van der Waals surface area (Å²) in [6, 6.07) is -6.56. The number of carbonyl (C=O) groups excluding carboxylic acids is 2. The van der Waals surface area contributed by atoms with Crippen molar-refractivity contribution in [1.82, 2.24) is 38.7 Å². The summed E-state index contributed by atoms with van der Waals surface area (Å²) in [5.41, 5.74) is -18.8. The third-order valence-corrected chi connectivity index (χ3v) is 16.0. The summed E-state index contributed by atoms with van der Waals surface area (Å²) in [4.78, 5) is 66.0. The normalized spacial score (nSPS) is 27.3. The highest BCUT2D eigenvalue weighted by Gasteiger charge is 2.38. The van der Waals surface area contributed by atoms with Crippen LogP contribution in [0.4, 0.5) is 35.1 Å². The van der Waals surface area contributed by atoms with Crippen LogP contribution in [-0.4, -0.2) is 115 Å². The Kier molecular flexibility index (Phi) is 13.4. The Morgan fingerprint density at radius 1 is 0.604 bits per heavy atom. The first-order chi connectivity index (χ1) is 60.1. The van der Waals surface area contributed by atoms with Gasteiger partial charge in [-0.15, -0.1) is 0 Å². The van der Waals surface area contributed by atoms with Gasteiger partial charge in [-0.25, -0.2) is 8.78 Å². The number of likely N-dealkylation sites (N-methyl/N-ethyl adjacent to an activating group) is 2. The predicted molar refractivity (Wildman–Crippen MR) is 363 cm³/mol. The number of benzene rings is 4. The first-order valence-corrected chi connectivity index (χ1v) is 31.0. The van der Waals surface area contributed by atoms with Crippen molar-refractivity contribution in [3.8, 4) is 11.1 Å². The van der Waals surface area contributed by atoms with E-state index in [4.69, 9.17) is 38.4 Å². The molecule has 0 spiro atoms. The molecule has 5 atom stereocenters. The Morgan fingerprint density at radius 2 is 1.10 bits per heavy atom. The quantitative estimate of drug-likeness (QED) is 0.0295. The smallest absolute Gasteiger partial charge is 0.336 e. The monoisotopic (exact) mass is 1400 g/mol. The minimum absolute atomic E-state index is 0.00978. The molecule has 0 saturated heterocycles. The van der Waals surface area contributed by atoms with Gasteiger partial charge < -0.3 is 28.7 Å². The first kappa shape index (κ1) is 38.7. The summed E-state index contributed by atoms with van der Waals surface area (Å²) < 4.78 is 427. The Balaban J connectivity index is 0.000000297. The van der Waals surface area contributed by atoms with E-state index in [1.165, 1.54) is 39.8 Å². The molecule has 4 aliphatic carbocycles. The van der Waals surface area contributed by atoms with Crippen molar-refractivity contribution in [2.75, 3.05) is 58.7 Å². The summed E-state index contributed by atoms with van der Waals surface area (Å²) in [7, 11) is 0. The second-order valence-corrected chi connectivity index (χ2v) is 22.3. The molecule has 12 nitrogen and oxygen atoms in total. The number of allylic oxidation sites excluding steroid dienone is 7. The molecule has 4 aliphatic rings. The van der Waals surface area contributed by atoms with Gasteiger partial charge in [0.2, 0.25) is 11.8 Å². The minimum Gasteiger partial charge on any atom is -0.336 e. The molecule has 96 heavy (non-hydrogen) atoms. The molecule has 0 aliphatic heterocycles. The van der Waals surface area contributed by atoms with Crippen LogP contribution < -0.4 is 11.1 Å². The topological polar surface area (TPSA) is 117 Å². The fraction of sp³-hybridized carbons (Fsp3) is 0.432. The molecule has 0 N–H and O–H groups in total. The van der Waals surface area contributed by atoms with Gasteiger partial charge in [0.25, 0.3) is 11.1 Å². The molecule has 0 bridgehead atoms. The van der Waals surface area contributed by atoms with E-state index in [1.807, 2.05) is 0 Å². The summed E-state index contributed by atoms with van der Waals surface area (Å²) in [6.07, 6.45) is -22.9. The maximum Gasteiger partial charge on any atom is 0.416 e. The number of hydrogen-bond donors (Lipinski definition) is 0. The molecule has 22 heteroatoms. The van der Waals surface area contributed by atoms with Crippen molar-refractivity contribution in [3.63, 3.8) is 0 Å². The van der Waals surface area contributed by atoms with E-state index >= 15 is 4.79 Å². The predicted octanol–water partition coefficient (Wildman–Crippen LogP) is 14.9. The van der Waals surface area contributed by atoms with Crippen LogP contribution in [0, 0.1) is 23.4 Å². The number of hydrogen-bond acceptors (Lipinski definition) is 10. The molecule has 2 heterocycles. The highest BCUT2D eigenvalue weighted by molar-refractivity contribution is 7.98. The molecular formula is C74H84F8N8O4S2. The van der Waals surface area contributed by atoms with Gasteiger partial charge in [0.15, 0.2) is 10.3 Å². The van der Waals surface area contributed by atoms with Gasteiger partial charge in [-0.2, -0.15) is 36.3 Å². The van der Waals surface area contributed by atoms with Gasteiger partial charge in [-0.3, -0.25) is 19.2 Å². The third-order valence-electron chi connectivity index (χ3n) is 14.3. The van der Waals surface area contributed by atoms with Crippen LogP contribution in [-0.2, 0) is 72.3 Å². The van der Waals surface area contributed by atoms with Crippen molar-refractivity contribution < 1.29 is 94.1 Å². The Morgan fingerprint density at radius 3 is 1.62 bits per heavy atom. The van der Waals surface area contributed by atoms with Crippen molar-refractivity contribution >= 4 is 35.3 Å². The van der Waals surface area contributed by atoms with E-state index in [0.29, 0.717) is 4.57 Å². The molecule has 0 fully saturated rings. The summed E-state index contributed by atoms with van der Waals surface area (Å²) in [5, 5.41) is -1.79. The molecule has 10 rings (SSSR count). The fourth-order valence-electron chi connectivity index (χ4n) is 9.39. The number of fused-ring (bicyclic) bond motifs is 2. The maximum atomic E-state index is 15.0. The molecule has 4 aromatic carbocycles. The zero-order valence-electron chi connectivity index (χ0n) is 87.8. The van der Waals surface area contributed by atoms with Crippen molar-refractivity contribution in [2.24, 2.45) is 11.8 Å². The van der Waals surface area contributed by atoms with Crippen molar-refractivity contribution in [2.45, 2.75) is 146 Å². The Labute approximate surface area is 615 Å². The number of thioether (sulfide) groups is 2. The highest BCUT2D eigenvalue weighted by Crippen LogP contribution is 2.41. The molecular weight excluding hydrogens is 1280 g/mol. The number of alkyl halides is 6. The average Bonchev–Trinajstić information content (AvgIpc) is 1.50. The van der Waals surface area contributed by atoms with Crippen LogP contribution >= 0.6 is 23.5 Å². The lowest BCUT2D eigenvalue weighted by atomic mass is 9.82. The lowest BCUT2D eigenvalue weighted by molar-refractivity contribution is -0.137. The number of carbonyl (C=O) groups is 2. The zero-order valence-corrected chi connectivity index (χ0v) is 53.5. The number of rotatable bonds is 26. The van der Waals surface area contributed by atoms with E-state index in [1.54, 1.807) is 0 Å². The summed E-state index contributed by atoms with van der Waals surface area (Å²) >= 11 is -0.289. The zero-order chi connectivity index (χ0) is 101. The number of halogens is 8. The molecule has 0 saturated carbocycles. The number of aromatic nitrogens is 4. The van der Waals surface area contributed by atoms with Crippen molar-refractivity contribution in [3.05, 3.63) is 220 Å².